The molecule has 0 amide bonds. The highest BCUT2D eigenvalue weighted by atomic mass is 15.2. The number of aromatic amines is 1. The molecule has 1 aromatic heterocycles. The van der Waals surface area contributed by atoms with E-state index in [4.69, 9.17) is 0 Å². The van der Waals surface area contributed by atoms with Crippen LogP contribution in [-0.2, 0) is 6.42 Å². The fourth-order valence-corrected chi connectivity index (χ4v) is 3.12. The normalized spacial score (nSPS) is 25.7. The van der Waals surface area contributed by atoms with Crippen LogP contribution < -0.4 is 0 Å². The molecule has 0 saturated heterocycles. The molecule has 1 aliphatic heterocycles. The average Bonchev–Trinajstić information content (AvgIpc) is 2.76. The minimum atomic E-state index is 0.639. The van der Waals surface area contributed by atoms with Gasteiger partial charge >= 0.3 is 0 Å². The van der Waals surface area contributed by atoms with Crippen molar-refractivity contribution in [3.05, 3.63) is 23.5 Å². The van der Waals surface area contributed by atoms with E-state index < -0.39 is 0 Å². The van der Waals surface area contributed by atoms with E-state index in [9.17, 15) is 0 Å². The zero-order valence-corrected chi connectivity index (χ0v) is 10.8. The smallest absolute Gasteiger partial charge is 0.0366 e. The Hall–Kier alpha value is -0.760. The standard InChI is InChI=1S/C14H24N2/c1-4-9-16-11(5-2)10-13-12(7-8-15-13)14(16)6-3/h7-8,11,14-15H,4-6,9-10H2,1-3H3/t11-,14+/m0/s1. The van der Waals surface area contributed by atoms with Crippen molar-refractivity contribution in [3.63, 3.8) is 0 Å². The van der Waals surface area contributed by atoms with E-state index in [0.717, 1.165) is 6.04 Å². The van der Waals surface area contributed by atoms with Crippen LogP contribution >= 0.6 is 0 Å². The molecule has 1 aliphatic rings. The van der Waals surface area contributed by atoms with Crippen molar-refractivity contribution in [1.29, 1.82) is 0 Å². The fourth-order valence-electron chi connectivity index (χ4n) is 3.12. The lowest BCUT2D eigenvalue weighted by molar-refractivity contribution is 0.109. The van der Waals surface area contributed by atoms with Crippen molar-refractivity contribution in [2.45, 2.75) is 58.5 Å². The van der Waals surface area contributed by atoms with Crippen LogP contribution in [0.4, 0.5) is 0 Å². The molecule has 16 heavy (non-hydrogen) atoms. The topological polar surface area (TPSA) is 19.0 Å². The molecular formula is C14H24N2. The van der Waals surface area contributed by atoms with Crippen LogP contribution in [-0.4, -0.2) is 22.5 Å². The quantitative estimate of drug-likeness (QED) is 0.822. The Morgan fingerprint density at radius 3 is 2.75 bits per heavy atom. The van der Waals surface area contributed by atoms with Gasteiger partial charge in [0.2, 0.25) is 0 Å². The van der Waals surface area contributed by atoms with E-state index >= 15 is 0 Å². The lowest BCUT2D eigenvalue weighted by Crippen LogP contribution is -2.43. The molecule has 2 heterocycles. The van der Waals surface area contributed by atoms with Crippen molar-refractivity contribution in [2.24, 2.45) is 0 Å². The zero-order valence-electron chi connectivity index (χ0n) is 10.8. The number of aromatic nitrogens is 1. The molecule has 2 nitrogen and oxygen atoms in total. The first-order valence-electron chi connectivity index (χ1n) is 6.73. The fraction of sp³-hybridized carbons (Fsp3) is 0.714. The van der Waals surface area contributed by atoms with Gasteiger partial charge in [0.1, 0.15) is 0 Å². The number of hydrogen-bond donors (Lipinski definition) is 1. The second-order valence-electron chi connectivity index (χ2n) is 4.84. The molecule has 0 saturated carbocycles. The molecule has 0 radical (unpaired) electrons. The third-order valence-corrected chi connectivity index (χ3v) is 3.88. The zero-order chi connectivity index (χ0) is 11.5. The largest absolute Gasteiger partial charge is 0.365 e. The number of H-pyrrole nitrogens is 1. The summed E-state index contributed by atoms with van der Waals surface area (Å²) in [5, 5.41) is 0. The van der Waals surface area contributed by atoms with Gasteiger partial charge in [0.15, 0.2) is 0 Å². The van der Waals surface area contributed by atoms with Gasteiger partial charge in [0.05, 0.1) is 0 Å². The number of hydrogen-bond acceptors (Lipinski definition) is 1. The highest BCUT2D eigenvalue weighted by Gasteiger charge is 2.32. The predicted molar refractivity (Wildman–Crippen MR) is 68.6 cm³/mol. The van der Waals surface area contributed by atoms with E-state index in [0.29, 0.717) is 6.04 Å². The molecular weight excluding hydrogens is 196 g/mol. The van der Waals surface area contributed by atoms with E-state index in [1.54, 1.807) is 5.56 Å². The number of nitrogens with one attached hydrogen (secondary N) is 1. The van der Waals surface area contributed by atoms with Crippen LogP contribution in [0.15, 0.2) is 12.3 Å². The third kappa shape index (κ3) is 1.91. The first-order chi connectivity index (χ1) is 7.81. The molecule has 1 aromatic rings. The van der Waals surface area contributed by atoms with E-state index in [2.05, 4.69) is 42.9 Å². The van der Waals surface area contributed by atoms with Crippen molar-refractivity contribution in [3.8, 4) is 0 Å². The van der Waals surface area contributed by atoms with Crippen molar-refractivity contribution < 1.29 is 0 Å². The Labute approximate surface area is 99.0 Å². The van der Waals surface area contributed by atoms with Gasteiger partial charge in [-0.1, -0.05) is 20.8 Å². The van der Waals surface area contributed by atoms with Crippen molar-refractivity contribution >= 4 is 0 Å². The first-order valence-corrected chi connectivity index (χ1v) is 6.73. The predicted octanol–water partition coefficient (Wildman–Crippen LogP) is 3.51. The first kappa shape index (κ1) is 11.7. The summed E-state index contributed by atoms with van der Waals surface area (Å²) < 4.78 is 0. The van der Waals surface area contributed by atoms with Crippen LogP contribution in [0.25, 0.3) is 0 Å². The van der Waals surface area contributed by atoms with E-state index in [1.165, 1.54) is 37.9 Å². The molecule has 2 rings (SSSR count). The van der Waals surface area contributed by atoms with Crippen LogP contribution in [0, 0.1) is 0 Å². The van der Waals surface area contributed by atoms with Gasteiger partial charge in [-0.3, -0.25) is 4.90 Å². The second-order valence-corrected chi connectivity index (χ2v) is 4.84. The highest BCUT2D eigenvalue weighted by Crippen LogP contribution is 2.35. The van der Waals surface area contributed by atoms with Crippen molar-refractivity contribution in [2.75, 3.05) is 6.54 Å². The lowest BCUT2D eigenvalue weighted by atomic mass is 9.90. The Morgan fingerprint density at radius 2 is 2.12 bits per heavy atom. The Morgan fingerprint density at radius 1 is 1.31 bits per heavy atom. The summed E-state index contributed by atoms with van der Waals surface area (Å²) >= 11 is 0. The van der Waals surface area contributed by atoms with Gasteiger partial charge < -0.3 is 4.98 Å². The molecule has 0 bridgehead atoms. The highest BCUT2D eigenvalue weighted by molar-refractivity contribution is 5.28. The SMILES string of the molecule is CCCN1[C@@H](CC)Cc2[nH]ccc2[C@H]1CC. The van der Waals surface area contributed by atoms with Gasteiger partial charge in [-0.25, -0.2) is 0 Å². The number of rotatable bonds is 4. The molecule has 90 valence electrons. The Bertz CT molecular complexity index is 329. The van der Waals surface area contributed by atoms with E-state index in [-0.39, 0.29) is 0 Å². The second kappa shape index (κ2) is 5.05. The molecule has 0 spiro atoms. The van der Waals surface area contributed by atoms with Gasteiger partial charge in [-0.15, -0.1) is 0 Å². The van der Waals surface area contributed by atoms with Crippen LogP contribution in [0.1, 0.15) is 57.3 Å². The minimum absolute atomic E-state index is 0.639. The Kier molecular flexibility index (Phi) is 3.70. The van der Waals surface area contributed by atoms with E-state index in [1.807, 2.05) is 0 Å². The van der Waals surface area contributed by atoms with Crippen molar-refractivity contribution in [1.82, 2.24) is 9.88 Å². The number of fused-ring (bicyclic) bond motifs is 1. The lowest BCUT2D eigenvalue weighted by Gasteiger charge is -2.41. The summed E-state index contributed by atoms with van der Waals surface area (Å²) in [5.74, 6) is 0. The molecule has 0 aromatic carbocycles. The number of nitrogens with zero attached hydrogens (tertiary/aromatic N) is 1. The maximum Gasteiger partial charge on any atom is 0.0366 e. The van der Waals surface area contributed by atoms with Crippen LogP contribution in [0.3, 0.4) is 0 Å². The van der Waals surface area contributed by atoms with Crippen LogP contribution in [0.5, 0.6) is 0 Å². The molecule has 2 atom stereocenters. The monoisotopic (exact) mass is 220 g/mol. The maximum absolute atomic E-state index is 3.42. The summed E-state index contributed by atoms with van der Waals surface area (Å²) in [4.78, 5) is 6.14. The van der Waals surface area contributed by atoms with Gasteiger partial charge in [-0.05, 0) is 37.4 Å². The summed E-state index contributed by atoms with van der Waals surface area (Å²) in [7, 11) is 0. The van der Waals surface area contributed by atoms with Gasteiger partial charge in [0.25, 0.3) is 0 Å². The third-order valence-electron chi connectivity index (χ3n) is 3.88. The summed E-state index contributed by atoms with van der Waals surface area (Å²) in [6.07, 6.45) is 7.05. The molecule has 1 N–H and O–H groups in total. The Balaban J connectivity index is 2.29. The van der Waals surface area contributed by atoms with Crippen LogP contribution in [0.2, 0.25) is 0 Å². The van der Waals surface area contributed by atoms with Gasteiger partial charge in [0, 0.05) is 30.4 Å². The maximum atomic E-state index is 3.42. The van der Waals surface area contributed by atoms with Gasteiger partial charge in [-0.2, -0.15) is 0 Å². The minimum Gasteiger partial charge on any atom is -0.365 e. The molecule has 0 aliphatic carbocycles. The summed E-state index contributed by atoms with van der Waals surface area (Å²) in [5.41, 5.74) is 3.02. The summed E-state index contributed by atoms with van der Waals surface area (Å²) in [6, 6.07) is 3.65. The molecule has 0 unspecified atom stereocenters. The molecule has 0 fully saturated rings. The molecule has 2 heteroatoms. The summed E-state index contributed by atoms with van der Waals surface area (Å²) in [6.45, 7) is 8.14. The average molecular weight is 220 g/mol.